The van der Waals surface area contributed by atoms with E-state index in [1.165, 1.54) is 0 Å². The Morgan fingerprint density at radius 3 is 2.41 bits per heavy atom. The highest BCUT2D eigenvalue weighted by atomic mass is 16.5. The van der Waals surface area contributed by atoms with Gasteiger partial charge in [-0.1, -0.05) is 49.1 Å². The van der Waals surface area contributed by atoms with Crippen molar-refractivity contribution < 1.29 is 14.7 Å². The van der Waals surface area contributed by atoms with E-state index in [1.54, 1.807) is 27.0 Å². The molecule has 0 saturated carbocycles. The van der Waals surface area contributed by atoms with Crippen molar-refractivity contribution >= 4 is 17.6 Å². The van der Waals surface area contributed by atoms with Gasteiger partial charge in [-0.3, -0.25) is 15.7 Å². The van der Waals surface area contributed by atoms with Gasteiger partial charge in [0.25, 0.3) is 0 Å². The number of allylic oxidation sites excluding steroid dienone is 4. The number of nitrogens with one attached hydrogen (secondary N) is 1. The molecule has 7 nitrogen and oxygen atoms in total. The zero-order valence-corrected chi connectivity index (χ0v) is 20.6. The van der Waals surface area contributed by atoms with E-state index in [0.29, 0.717) is 28.2 Å². The third kappa shape index (κ3) is 6.30. The predicted molar refractivity (Wildman–Crippen MR) is 141 cm³/mol. The second-order valence-electron chi connectivity index (χ2n) is 6.80. The first-order chi connectivity index (χ1) is 16.4. The summed E-state index contributed by atoms with van der Waals surface area (Å²) in [6.45, 7) is 15.5. The molecule has 1 aromatic carbocycles. The number of aliphatic imine (C=N–C) groups is 1. The van der Waals surface area contributed by atoms with Crippen LogP contribution in [0.2, 0.25) is 0 Å². The maximum Gasteiger partial charge on any atom is 0.340 e. The summed E-state index contributed by atoms with van der Waals surface area (Å²) >= 11 is 0. The number of carbonyl (C=O) groups excluding carboxylic acids is 1. The summed E-state index contributed by atoms with van der Waals surface area (Å²) in [5.41, 5.74) is 5.60. The third-order valence-corrected chi connectivity index (χ3v) is 4.80. The van der Waals surface area contributed by atoms with Crippen molar-refractivity contribution in [1.29, 1.82) is 0 Å². The molecule has 0 saturated heterocycles. The maximum atomic E-state index is 13.0. The van der Waals surface area contributed by atoms with Gasteiger partial charge in [-0.15, -0.1) is 13.2 Å². The van der Waals surface area contributed by atoms with Crippen LogP contribution in [0.4, 0.5) is 5.82 Å². The number of carbonyl (C=O) groups is 1. The van der Waals surface area contributed by atoms with Crippen LogP contribution in [-0.4, -0.2) is 42.7 Å². The Morgan fingerprint density at radius 2 is 1.91 bits per heavy atom. The van der Waals surface area contributed by atoms with Crippen molar-refractivity contribution in [2.45, 2.75) is 20.8 Å². The minimum Gasteiger partial charge on any atom is -0.462 e. The monoisotopic (exact) mass is 462 g/mol. The van der Waals surface area contributed by atoms with Crippen molar-refractivity contribution in [3.05, 3.63) is 96.9 Å². The number of likely N-dealkylation sites (N-methyl/N-ethyl adjacent to an activating group) is 1. The number of anilines is 1. The van der Waals surface area contributed by atoms with Crippen LogP contribution in [0.25, 0.3) is 11.1 Å². The lowest BCUT2D eigenvalue weighted by atomic mass is 9.92. The highest BCUT2D eigenvalue weighted by Gasteiger charge is 2.29. The topological polar surface area (TPSA) is 87.1 Å². The zero-order chi connectivity index (χ0) is 25.7. The van der Waals surface area contributed by atoms with Gasteiger partial charge in [0.15, 0.2) is 5.84 Å². The number of hydrogen-bond donors (Lipinski definition) is 2. The van der Waals surface area contributed by atoms with Gasteiger partial charge in [0.05, 0.1) is 23.4 Å². The van der Waals surface area contributed by atoms with E-state index in [1.807, 2.05) is 67.4 Å². The molecule has 0 spiro atoms. The van der Waals surface area contributed by atoms with Crippen LogP contribution in [0, 0.1) is 6.92 Å². The molecule has 7 heteroatoms. The fourth-order valence-electron chi connectivity index (χ4n) is 3.41. The fourth-order valence-corrected chi connectivity index (χ4v) is 3.41. The van der Waals surface area contributed by atoms with Gasteiger partial charge < -0.3 is 9.64 Å². The van der Waals surface area contributed by atoms with Crippen molar-refractivity contribution in [2.75, 3.05) is 25.6 Å². The Morgan fingerprint density at radius 1 is 1.26 bits per heavy atom. The van der Waals surface area contributed by atoms with Gasteiger partial charge in [0.1, 0.15) is 5.82 Å². The minimum absolute atomic E-state index is 0.169. The van der Waals surface area contributed by atoms with Crippen LogP contribution >= 0.6 is 0 Å². The molecule has 2 rings (SSSR count). The summed E-state index contributed by atoms with van der Waals surface area (Å²) in [4.78, 5) is 23.8. The molecule has 0 aliphatic heterocycles. The van der Waals surface area contributed by atoms with Crippen molar-refractivity contribution in [1.82, 2.24) is 10.5 Å². The smallest absolute Gasteiger partial charge is 0.340 e. The van der Waals surface area contributed by atoms with Gasteiger partial charge in [-0.05, 0) is 38.5 Å². The van der Waals surface area contributed by atoms with Crippen molar-refractivity contribution in [3.8, 4) is 11.1 Å². The quantitative estimate of drug-likeness (QED) is 0.135. The van der Waals surface area contributed by atoms with Crippen molar-refractivity contribution in [2.24, 2.45) is 4.99 Å². The average molecular weight is 463 g/mol. The Hall–Kier alpha value is -3.97. The highest BCUT2D eigenvalue weighted by Crippen LogP contribution is 2.36. The molecular formula is C27H34N4O3. The molecule has 2 aromatic rings. The number of hydrogen-bond acceptors (Lipinski definition) is 6. The van der Waals surface area contributed by atoms with Gasteiger partial charge >= 0.3 is 5.97 Å². The lowest BCUT2D eigenvalue weighted by Crippen LogP contribution is -2.28. The molecule has 0 aliphatic carbocycles. The molecule has 0 unspecified atom stereocenters. The Labute approximate surface area is 202 Å². The molecule has 0 aliphatic rings. The Balaban J connectivity index is 0.00000281. The summed E-state index contributed by atoms with van der Waals surface area (Å²) < 4.78 is 5.35. The molecule has 0 fully saturated rings. The van der Waals surface area contributed by atoms with Crippen LogP contribution in [0.5, 0.6) is 0 Å². The number of hydroxylamine groups is 1. The largest absolute Gasteiger partial charge is 0.462 e. The number of rotatable bonds is 8. The summed E-state index contributed by atoms with van der Waals surface area (Å²) in [6, 6.07) is 9.44. The van der Waals surface area contributed by atoms with E-state index in [-0.39, 0.29) is 12.4 Å². The van der Waals surface area contributed by atoms with Crippen LogP contribution in [0.15, 0.2) is 85.1 Å². The number of aromatic nitrogens is 1. The average Bonchev–Trinajstić information content (AvgIpc) is 2.86. The van der Waals surface area contributed by atoms with Gasteiger partial charge in [-0.2, -0.15) is 0 Å². The number of nitrogens with zero attached hydrogens (tertiary/aromatic N) is 3. The first-order valence-corrected chi connectivity index (χ1v) is 10.8. The normalized spacial score (nSPS) is 11.5. The van der Waals surface area contributed by atoms with E-state index < -0.39 is 5.97 Å². The number of amidine groups is 1. The van der Waals surface area contributed by atoms with E-state index in [0.717, 1.165) is 11.3 Å². The van der Waals surface area contributed by atoms with E-state index >= 15 is 0 Å². The molecule has 1 heterocycles. The first kappa shape index (κ1) is 28.1. The van der Waals surface area contributed by atoms with Crippen molar-refractivity contribution in [3.63, 3.8) is 0 Å². The molecular weight excluding hydrogens is 428 g/mol. The molecule has 34 heavy (non-hydrogen) atoms. The molecule has 0 amide bonds. The second kappa shape index (κ2) is 14.2. The molecule has 180 valence electrons. The SMILES string of the molecule is C=C.C=C/C=C(\C=C/C)N(C)c1nc(C)c(C(=O)OCC)c(-c2ccccc2)c1C(=NC)NO. The van der Waals surface area contributed by atoms with Crippen LogP contribution < -0.4 is 10.4 Å². The minimum atomic E-state index is -0.490. The van der Waals surface area contributed by atoms with E-state index in [4.69, 9.17) is 9.72 Å². The second-order valence-corrected chi connectivity index (χ2v) is 6.80. The number of benzene rings is 1. The predicted octanol–water partition coefficient (Wildman–Crippen LogP) is 5.47. The maximum absolute atomic E-state index is 13.0. The molecule has 0 bridgehead atoms. The summed E-state index contributed by atoms with van der Waals surface area (Å²) in [5.74, 6) is 0.181. The summed E-state index contributed by atoms with van der Waals surface area (Å²) in [7, 11) is 3.40. The lowest BCUT2D eigenvalue weighted by Gasteiger charge is -2.27. The van der Waals surface area contributed by atoms with Gasteiger partial charge in [0, 0.05) is 25.4 Å². The van der Waals surface area contributed by atoms with Crippen LogP contribution in [0.1, 0.15) is 35.5 Å². The van der Waals surface area contributed by atoms with Gasteiger partial charge in [-0.25, -0.2) is 9.78 Å². The Bertz CT molecular complexity index is 1070. The van der Waals surface area contributed by atoms with E-state index in [9.17, 15) is 10.0 Å². The zero-order valence-electron chi connectivity index (χ0n) is 20.6. The number of ether oxygens (including phenoxy) is 1. The lowest BCUT2D eigenvalue weighted by molar-refractivity contribution is 0.0526. The number of aryl methyl sites for hydroxylation is 1. The first-order valence-electron chi connectivity index (χ1n) is 10.8. The molecule has 2 N–H and O–H groups in total. The third-order valence-electron chi connectivity index (χ3n) is 4.80. The van der Waals surface area contributed by atoms with Crippen LogP contribution in [-0.2, 0) is 4.74 Å². The fraction of sp³-hybridized carbons (Fsp3) is 0.222. The molecule has 1 aromatic heterocycles. The van der Waals surface area contributed by atoms with Gasteiger partial charge in [0.2, 0.25) is 0 Å². The highest BCUT2D eigenvalue weighted by molar-refractivity contribution is 6.13. The molecule has 0 atom stereocenters. The Kier molecular flexibility index (Phi) is 11.7. The molecule has 0 radical (unpaired) electrons. The van der Waals surface area contributed by atoms with E-state index in [2.05, 4.69) is 30.2 Å². The summed E-state index contributed by atoms with van der Waals surface area (Å²) in [5, 5.41) is 9.92. The van der Waals surface area contributed by atoms with Crippen LogP contribution in [0.3, 0.4) is 0 Å². The number of esters is 1. The number of pyridine rings is 1. The standard InChI is InChI=1S/C25H30N4O3.C2H4/c1-7-13-19(14-8-2)29(6)24-22(23(26-5)28-31)21(18-15-11-10-12-16-18)20(17(4)27-24)25(30)32-9-3;1-2/h7-8,10-16,31H,1,9H2,2-6H3,(H,26,28);1-2H2/b14-8-,19-13+;. The summed E-state index contributed by atoms with van der Waals surface area (Å²) in [6.07, 6.45) is 7.35.